The highest BCUT2D eigenvalue weighted by Crippen LogP contribution is 2.15. The van der Waals surface area contributed by atoms with Crippen LogP contribution in [0.5, 0.6) is 0 Å². The van der Waals surface area contributed by atoms with Gasteiger partial charge in [0.25, 0.3) is 0 Å². The average Bonchev–Trinajstić information content (AvgIpc) is 1.96. The number of amidine groups is 1. The fraction of sp³-hybridized carbons (Fsp3) is 0.750. The molecule has 0 unspecified atom stereocenters. The summed E-state index contributed by atoms with van der Waals surface area (Å²) in [5.41, 5.74) is 5.05. The van der Waals surface area contributed by atoms with Crippen LogP contribution < -0.4 is 11.6 Å². The monoisotopic (exact) mass is 203 g/mol. The maximum Gasteiger partial charge on any atom is 0.411 e. The quantitative estimate of drug-likeness (QED) is 0.174. The molecule has 0 radical (unpaired) electrons. The molecule has 0 aliphatic heterocycles. The molecule has 4 N–H and O–H groups in total. The summed E-state index contributed by atoms with van der Waals surface area (Å²) in [4.78, 5) is 0. The third-order valence-corrected chi connectivity index (χ3v) is 1.37. The molecule has 0 rings (SSSR count). The molecule has 0 saturated heterocycles. The number of hydrazone groups is 1. The molecule has 0 atom stereocenters. The van der Waals surface area contributed by atoms with E-state index in [0.717, 1.165) is 11.8 Å². The van der Waals surface area contributed by atoms with Crippen molar-refractivity contribution in [2.24, 2.45) is 16.7 Å². The standard InChI is InChI=1S/C4H8F3N3OS/c5-4(6,7)1-11-2-12-3(8)10-9/h1-2,9H2,(H2,8,10). The molecule has 0 aliphatic carbocycles. The fourth-order valence-electron chi connectivity index (χ4n) is 0.297. The van der Waals surface area contributed by atoms with E-state index in [9.17, 15) is 13.2 Å². The summed E-state index contributed by atoms with van der Waals surface area (Å²) in [6.07, 6.45) is -4.31. The molecule has 0 aromatic carbocycles. The van der Waals surface area contributed by atoms with Crippen molar-refractivity contribution >= 4 is 16.9 Å². The van der Waals surface area contributed by atoms with Gasteiger partial charge in [0.2, 0.25) is 0 Å². The molecule has 0 aromatic rings. The number of nitrogens with zero attached hydrogens (tertiary/aromatic N) is 1. The Morgan fingerprint density at radius 2 is 2.08 bits per heavy atom. The molecule has 0 saturated carbocycles. The molecular formula is C4H8F3N3OS. The normalized spacial score (nSPS) is 13.4. The zero-order valence-electron chi connectivity index (χ0n) is 5.97. The van der Waals surface area contributed by atoms with Gasteiger partial charge in [-0.1, -0.05) is 11.8 Å². The van der Waals surface area contributed by atoms with Crippen LogP contribution in [0.4, 0.5) is 13.2 Å². The van der Waals surface area contributed by atoms with E-state index in [2.05, 4.69) is 9.84 Å². The summed E-state index contributed by atoms with van der Waals surface area (Å²) < 4.78 is 38.5. The minimum Gasteiger partial charge on any atom is -0.377 e. The summed E-state index contributed by atoms with van der Waals surface area (Å²) in [6.45, 7) is -1.29. The van der Waals surface area contributed by atoms with Crippen molar-refractivity contribution in [3.8, 4) is 0 Å². The number of hydrogen-bond acceptors (Lipinski definition) is 4. The molecule has 12 heavy (non-hydrogen) atoms. The first-order chi connectivity index (χ1) is 5.45. The van der Waals surface area contributed by atoms with Gasteiger partial charge in [0, 0.05) is 0 Å². The van der Waals surface area contributed by atoms with Crippen LogP contribution in [-0.2, 0) is 4.74 Å². The number of halogens is 3. The van der Waals surface area contributed by atoms with Gasteiger partial charge in [-0.2, -0.15) is 18.3 Å². The van der Waals surface area contributed by atoms with Gasteiger partial charge in [-0.15, -0.1) is 0 Å². The molecule has 0 bridgehead atoms. The number of thioether (sulfide) groups is 1. The van der Waals surface area contributed by atoms with E-state index >= 15 is 0 Å². The summed E-state index contributed by atoms with van der Waals surface area (Å²) in [5, 5.41) is 3.00. The second-order valence-corrected chi connectivity index (χ2v) is 2.64. The van der Waals surface area contributed by atoms with Gasteiger partial charge in [-0.3, -0.25) is 0 Å². The summed E-state index contributed by atoms with van der Waals surface area (Å²) >= 11 is 0.798. The topological polar surface area (TPSA) is 73.6 Å². The molecule has 0 spiro atoms. The average molecular weight is 203 g/mol. The molecule has 72 valence electrons. The van der Waals surface area contributed by atoms with E-state index in [1.807, 2.05) is 0 Å². The number of alkyl halides is 3. The number of nitrogens with two attached hydrogens (primary N) is 2. The predicted octanol–water partition coefficient (Wildman–Crippen LogP) is 0.444. The second kappa shape index (κ2) is 5.09. The van der Waals surface area contributed by atoms with E-state index in [1.165, 1.54) is 0 Å². The second-order valence-electron chi connectivity index (χ2n) is 1.69. The molecule has 0 heterocycles. The SMILES string of the molecule is NN=C(N)SCOCC(F)(F)F. The first-order valence-corrected chi connectivity index (χ1v) is 3.75. The Hall–Kier alpha value is -0.630. The Bertz CT molecular complexity index is 160. The smallest absolute Gasteiger partial charge is 0.377 e. The fourth-order valence-corrected chi connectivity index (χ4v) is 0.659. The molecule has 0 aromatic heterocycles. The first-order valence-electron chi connectivity index (χ1n) is 2.76. The van der Waals surface area contributed by atoms with Crippen molar-refractivity contribution in [1.29, 1.82) is 0 Å². The minimum atomic E-state index is -4.31. The maximum absolute atomic E-state index is 11.4. The van der Waals surface area contributed by atoms with E-state index < -0.39 is 12.8 Å². The third-order valence-electron chi connectivity index (χ3n) is 0.683. The van der Waals surface area contributed by atoms with Gasteiger partial charge in [0.1, 0.15) is 12.5 Å². The van der Waals surface area contributed by atoms with E-state index in [4.69, 9.17) is 11.6 Å². The molecular weight excluding hydrogens is 195 g/mol. The Morgan fingerprint density at radius 1 is 1.50 bits per heavy atom. The lowest BCUT2D eigenvalue weighted by atomic mass is 10.7. The van der Waals surface area contributed by atoms with Crippen molar-refractivity contribution in [3.63, 3.8) is 0 Å². The van der Waals surface area contributed by atoms with Crippen LogP contribution in [-0.4, -0.2) is 23.9 Å². The van der Waals surface area contributed by atoms with Crippen LogP contribution in [0.3, 0.4) is 0 Å². The zero-order valence-corrected chi connectivity index (χ0v) is 6.78. The van der Waals surface area contributed by atoms with Crippen molar-refractivity contribution in [1.82, 2.24) is 0 Å². The van der Waals surface area contributed by atoms with Gasteiger partial charge >= 0.3 is 6.18 Å². The molecule has 4 nitrogen and oxygen atoms in total. The van der Waals surface area contributed by atoms with Crippen LogP contribution >= 0.6 is 11.8 Å². The predicted molar refractivity (Wildman–Crippen MR) is 40.3 cm³/mol. The largest absolute Gasteiger partial charge is 0.411 e. The van der Waals surface area contributed by atoms with E-state index in [-0.39, 0.29) is 11.1 Å². The van der Waals surface area contributed by atoms with Crippen molar-refractivity contribution < 1.29 is 17.9 Å². The van der Waals surface area contributed by atoms with Crippen LogP contribution in [0.1, 0.15) is 0 Å². The van der Waals surface area contributed by atoms with Crippen LogP contribution in [0, 0.1) is 0 Å². The Morgan fingerprint density at radius 3 is 2.50 bits per heavy atom. The lowest BCUT2D eigenvalue weighted by Gasteiger charge is -2.06. The van der Waals surface area contributed by atoms with Gasteiger partial charge < -0.3 is 16.3 Å². The van der Waals surface area contributed by atoms with Crippen molar-refractivity contribution in [2.75, 3.05) is 12.5 Å². The lowest BCUT2D eigenvalue weighted by Crippen LogP contribution is -2.18. The molecule has 0 aliphatic rings. The van der Waals surface area contributed by atoms with Crippen molar-refractivity contribution in [2.45, 2.75) is 6.18 Å². The summed E-state index contributed by atoms with van der Waals surface area (Å²) in [5.74, 6) is 4.49. The van der Waals surface area contributed by atoms with Crippen LogP contribution in [0.15, 0.2) is 5.10 Å². The molecule has 8 heteroatoms. The van der Waals surface area contributed by atoms with E-state index in [1.54, 1.807) is 0 Å². The first kappa shape index (κ1) is 11.4. The number of rotatable bonds is 3. The van der Waals surface area contributed by atoms with Crippen LogP contribution in [0.25, 0.3) is 0 Å². The van der Waals surface area contributed by atoms with Crippen molar-refractivity contribution in [3.05, 3.63) is 0 Å². The van der Waals surface area contributed by atoms with Gasteiger partial charge in [0.05, 0.1) is 0 Å². The lowest BCUT2D eigenvalue weighted by molar-refractivity contribution is -0.168. The number of ether oxygens (including phenoxy) is 1. The minimum absolute atomic E-state index is 0.0165. The molecule has 0 fully saturated rings. The van der Waals surface area contributed by atoms with E-state index in [0.29, 0.717) is 0 Å². The highest BCUT2D eigenvalue weighted by Gasteiger charge is 2.27. The van der Waals surface area contributed by atoms with Gasteiger partial charge in [-0.25, -0.2) is 0 Å². The summed E-state index contributed by atoms with van der Waals surface area (Å²) in [7, 11) is 0. The highest BCUT2D eigenvalue weighted by atomic mass is 32.2. The summed E-state index contributed by atoms with van der Waals surface area (Å²) in [6, 6.07) is 0. The van der Waals surface area contributed by atoms with Crippen LogP contribution in [0.2, 0.25) is 0 Å². The zero-order chi connectivity index (χ0) is 9.61. The Balaban J connectivity index is 3.34. The Kier molecular flexibility index (Phi) is 4.83. The highest BCUT2D eigenvalue weighted by molar-refractivity contribution is 8.13. The molecule has 0 amide bonds. The number of hydrogen-bond donors (Lipinski definition) is 2. The van der Waals surface area contributed by atoms with Gasteiger partial charge in [-0.05, 0) is 0 Å². The van der Waals surface area contributed by atoms with Gasteiger partial charge in [0.15, 0.2) is 5.17 Å². The maximum atomic E-state index is 11.4. The third kappa shape index (κ3) is 7.48. The Labute approximate surface area is 71.1 Å².